The zero-order valence-corrected chi connectivity index (χ0v) is 10.6. The molecule has 0 saturated carbocycles. The highest BCUT2D eigenvalue weighted by atomic mass is 16.5. The summed E-state index contributed by atoms with van der Waals surface area (Å²) in [7, 11) is 0. The smallest absolute Gasteiger partial charge is 0.228 e. The normalized spacial score (nSPS) is 31.5. The summed E-state index contributed by atoms with van der Waals surface area (Å²) in [6, 6.07) is 0.240. The highest BCUT2D eigenvalue weighted by molar-refractivity contribution is 5.79. The van der Waals surface area contributed by atoms with E-state index in [2.05, 4.69) is 0 Å². The van der Waals surface area contributed by atoms with Crippen LogP contribution >= 0.6 is 0 Å². The molecule has 0 bridgehead atoms. The second-order valence-corrected chi connectivity index (χ2v) is 5.33. The molecule has 2 heterocycles. The molecule has 98 valence electrons. The summed E-state index contributed by atoms with van der Waals surface area (Å²) in [6.45, 7) is 4.02. The molecule has 2 aliphatic heterocycles. The zero-order valence-electron chi connectivity index (χ0n) is 10.6. The van der Waals surface area contributed by atoms with Gasteiger partial charge in [0.1, 0.15) is 0 Å². The Morgan fingerprint density at radius 3 is 2.94 bits per heavy atom. The summed E-state index contributed by atoms with van der Waals surface area (Å²) in [5.41, 5.74) is 0. The first kappa shape index (κ1) is 12.8. The van der Waals surface area contributed by atoms with E-state index in [1.165, 1.54) is 0 Å². The van der Waals surface area contributed by atoms with Crippen molar-refractivity contribution in [2.45, 2.75) is 51.2 Å². The number of nitrogens with zero attached hydrogens (tertiary/aromatic N) is 1. The van der Waals surface area contributed by atoms with Crippen molar-refractivity contribution in [2.24, 2.45) is 5.92 Å². The van der Waals surface area contributed by atoms with Crippen molar-refractivity contribution in [3.8, 4) is 0 Å². The molecule has 0 spiro atoms. The van der Waals surface area contributed by atoms with Crippen molar-refractivity contribution in [3.63, 3.8) is 0 Å². The van der Waals surface area contributed by atoms with E-state index < -0.39 is 0 Å². The second-order valence-electron chi connectivity index (χ2n) is 5.33. The topological polar surface area (TPSA) is 49.8 Å². The van der Waals surface area contributed by atoms with E-state index in [0.29, 0.717) is 13.0 Å². The van der Waals surface area contributed by atoms with E-state index in [9.17, 15) is 9.90 Å². The maximum absolute atomic E-state index is 12.4. The molecule has 4 nitrogen and oxygen atoms in total. The molecule has 0 aromatic carbocycles. The Hall–Kier alpha value is -0.610. The van der Waals surface area contributed by atoms with Crippen LogP contribution < -0.4 is 0 Å². The number of rotatable bonds is 3. The molecule has 4 heteroatoms. The van der Waals surface area contributed by atoms with Crippen molar-refractivity contribution in [3.05, 3.63) is 0 Å². The van der Waals surface area contributed by atoms with Crippen LogP contribution in [0.4, 0.5) is 0 Å². The lowest BCUT2D eigenvalue weighted by Gasteiger charge is -2.31. The molecular formula is C13H23NO3. The lowest BCUT2D eigenvalue weighted by molar-refractivity contribution is -0.141. The minimum absolute atomic E-state index is 0.0540. The fourth-order valence-corrected chi connectivity index (χ4v) is 2.93. The molecule has 3 unspecified atom stereocenters. The van der Waals surface area contributed by atoms with Crippen LogP contribution in [0.3, 0.4) is 0 Å². The number of aliphatic hydroxyl groups is 1. The van der Waals surface area contributed by atoms with Gasteiger partial charge in [-0.25, -0.2) is 0 Å². The van der Waals surface area contributed by atoms with Crippen LogP contribution in [0.1, 0.15) is 39.0 Å². The van der Waals surface area contributed by atoms with E-state index in [1.807, 2.05) is 4.90 Å². The lowest BCUT2D eigenvalue weighted by Crippen LogP contribution is -2.43. The van der Waals surface area contributed by atoms with Gasteiger partial charge in [0.2, 0.25) is 5.91 Å². The van der Waals surface area contributed by atoms with Crippen LogP contribution in [-0.4, -0.2) is 47.8 Å². The quantitative estimate of drug-likeness (QED) is 0.807. The average Bonchev–Trinajstić information content (AvgIpc) is 2.76. The summed E-state index contributed by atoms with van der Waals surface area (Å²) in [5.74, 6) is 0.297. The van der Waals surface area contributed by atoms with Gasteiger partial charge in [-0.1, -0.05) is 0 Å². The highest BCUT2D eigenvalue weighted by Crippen LogP contribution is 2.26. The molecule has 1 amide bonds. The van der Waals surface area contributed by atoms with Crippen LogP contribution in [0.15, 0.2) is 0 Å². The number of carbonyl (C=O) groups excluding carboxylic acids is 1. The Balaban J connectivity index is 1.92. The number of amides is 1. The first-order valence-corrected chi connectivity index (χ1v) is 6.74. The fraction of sp³-hybridized carbons (Fsp3) is 0.923. The van der Waals surface area contributed by atoms with Crippen LogP contribution in [0.2, 0.25) is 0 Å². The Morgan fingerprint density at radius 1 is 1.47 bits per heavy atom. The van der Waals surface area contributed by atoms with E-state index in [1.54, 1.807) is 6.92 Å². The van der Waals surface area contributed by atoms with Crippen LogP contribution in [-0.2, 0) is 9.53 Å². The van der Waals surface area contributed by atoms with Crippen LogP contribution in [0.25, 0.3) is 0 Å². The molecule has 0 radical (unpaired) electrons. The molecule has 1 N–H and O–H groups in total. The van der Waals surface area contributed by atoms with Crippen molar-refractivity contribution >= 4 is 5.91 Å². The maximum Gasteiger partial charge on any atom is 0.228 e. The molecule has 2 aliphatic rings. The Bertz CT molecular complexity index is 261. The molecule has 17 heavy (non-hydrogen) atoms. The molecule has 2 saturated heterocycles. The molecule has 2 rings (SSSR count). The monoisotopic (exact) mass is 241 g/mol. The Morgan fingerprint density at radius 2 is 2.29 bits per heavy atom. The van der Waals surface area contributed by atoms with Crippen molar-refractivity contribution < 1.29 is 14.6 Å². The number of ether oxygens (including phenoxy) is 1. The summed E-state index contributed by atoms with van der Waals surface area (Å²) < 4.78 is 5.38. The second kappa shape index (κ2) is 5.83. The molecule has 0 aliphatic carbocycles. The number of carbonyl (C=O) groups is 1. The van der Waals surface area contributed by atoms with E-state index in [-0.39, 0.29) is 24.0 Å². The number of likely N-dealkylation sites (tertiary alicyclic amines) is 1. The standard InChI is InChI=1S/C13H23NO3/c1-10(15)8-12-5-2-6-14(12)13(16)11-4-3-7-17-9-11/h10-12,15H,2-9H2,1H3. The first-order valence-electron chi connectivity index (χ1n) is 6.74. The first-order chi connectivity index (χ1) is 8.18. The average molecular weight is 241 g/mol. The third kappa shape index (κ3) is 3.19. The highest BCUT2D eigenvalue weighted by Gasteiger charge is 2.34. The summed E-state index contributed by atoms with van der Waals surface area (Å²) in [6.07, 6.45) is 4.43. The molecule has 3 atom stereocenters. The SMILES string of the molecule is CC(O)CC1CCCN1C(=O)C1CCCOC1. The lowest BCUT2D eigenvalue weighted by atomic mass is 9.99. The number of hydrogen-bond donors (Lipinski definition) is 1. The van der Waals surface area contributed by atoms with Crippen LogP contribution in [0.5, 0.6) is 0 Å². The van der Waals surface area contributed by atoms with E-state index in [0.717, 1.165) is 38.8 Å². The van der Waals surface area contributed by atoms with Crippen LogP contribution in [0, 0.1) is 5.92 Å². The largest absolute Gasteiger partial charge is 0.393 e. The van der Waals surface area contributed by atoms with Crippen molar-refractivity contribution in [2.75, 3.05) is 19.8 Å². The predicted molar refractivity (Wildman–Crippen MR) is 64.6 cm³/mol. The summed E-state index contributed by atoms with van der Waals surface area (Å²) in [5, 5.41) is 9.46. The van der Waals surface area contributed by atoms with E-state index >= 15 is 0 Å². The molecular weight excluding hydrogens is 218 g/mol. The molecule has 0 aromatic rings. The summed E-state index contributed by atoms with van der Waals surface area (Å²) in [4.78, 5) is 14.3. The van der Waals surface area contributed by atoms with Gasteiger partial charge in [0.25, 0.3) is 0 Å². The van der Waals surface area contributed by atoms with Gasteiger partial charge in [0.15, 0.2) is 0 Å². The van der Waals surface area contributed by atoms with Gasteiger partial charge >= 0.3 is 0 Å². The minimum Gasteiger partial charge on any atom is -0.393 e. The van der Waals surface area contributed by atoms with Gasteiger partial charge in [-0.2, -0.15) is 0 Å². The molecule has 0 aromatic heterocycles. The third-order valence-corrected chi connectivity index (χ3v) is 3.78. The minimum atomic E-state index is -0.323. The van der Waals surface area contributed by atoms with Gasteiger partial charge in [-0.3, -0.25) is 4.79 Å². The molecule has 2 fully saturated rings. The third-order valence-electron chi connectivity index (χ3n) is 3.78. The van der Waals surface area contributed by atoms with Gasteiger partial charge in [-0.05, 0) is 39.0 Å². The van der Waals surface area contributed by atoms with Gasteiger partial charge < -0.3 is 14.7 Å². The van der Waals surface area contributed by atoms with E-state index in [4.69, 9.17) is 4.74 Å². The van der Waals surface area contributed by atoms with Crippen molar-refractivity contribution in [1.29, 1.82) is 0 Å². The number of aliphatic hydroxyl groups excluding tert-OH is 1. The van der Waals surface area contributed by atoms with Gasteiger partial charge in [-0.15, -0.1) is 0 Å². The van der Waals surface area contributed by atoms with Crippen molar-refractivity contribution in [1.82, 2.24) is 4.90 Å². The Labute approximate surface area is 103 Å². The fourth-order valence-electron chi connectivity index (χ4n) is 2.93. The van der Waals surface area contributed by atoms with Gasteiger partial charge in [0.05, 0.1) is 18.6 Å². The summed E-state index contributed by atoms with van der Waals surface area (Å²) >= 11 is 0. The van der Waals surface area contributed by atoms with Gasteiger partial charge in [0, 0.05) is 19.2 Å². The predicted octanol–water partition coefficient (Wildman–Crippen LogP) is 1.17. The zero-order chi connectivity index (χ0) is 12.3. The Kier molecular flexibility index (Phi) is 4.40. The number of hydrogen-bond acceptors (Lipinski definition) is 3. The maximum atomic E-state index is 12.4.